The van der Waals surface area contributed by atoms with E-state index in [-0.39, 0.29) is 10.8 Å². The minimum absolute atomic E-state index is 0.0425. The lowest BCUT2D eigenvalue weighted by molar-refractivity contribution is 0.578. The minimum Gasteiger partial charge on any atom is -0.231 e. The van der Waals surface area contributed by atoms with E-state index >= 15 is 0 Å². The summed E-state index contributed by atoms with van der Waals surface area (Å²) in [6.45, 7) is 0. The van der Waals surface area contributed by atoms with Crippen molar-refractivity contribution in [3.63, 3.8) is 0 Å². The molecule has 0 amide bonds. The number of hydrogen-bond donors (Lipinski definition) is 0. The van der Waals surface area contributed by atoms with Gasteiger partial charge in [0.05, 0.1) is 5.02 Å². The Morgan fingerprint density at radius 3 is 2.68 bits per heavy atom. The molecule has 0 fully saturated rings. The molecular weight excluding hydrogens is 269 g/mol. The van der Waals surface area contributed by atoms with Crippen LogP contribution in [0, 0.1) is 5.82 Å². The van der Waals surface area contributed by atoms with Gasteiger partial charge in [-0.2, -0.15) is 0 Å². The van der Waals surface area contributed by atoms with Crippen molar-refractivity contribution in [2.75, 3.05) is 0 Å². The molecule has 2 aromatic heterocycles. The molecule has 5 nitrogen and oxygen atoms in total. The van der Waals surface area contributed by atoms with Crippen molar-refractivity contribution < 1.29 is 4.39 Å². The Bertz CT molecular complexity index is 713. The quantitative estimate of drug-likeness (QED) is 0.721. The first-order valence-electron chi connectivity index (χ1n) is 5.41. The predicted octanol–water partition coefficient (Wildman–Crippen LogP) is 2.52. The topological polar surface area (TPSA) is 56.5 Å². The molecule has 0 aliphatic heterocycles. The summed E-state index contributed by atoms with van der Waals surface area (Å²) in [5, 5.41) is 12.0. The van der Waals surface area contributed by atoms with Gasteiger partial charge in [-0.1, -0.05) is 41.9 Å². The average Bonchev–Trinajstić information content (AvgIpc) is 2.89. The smallest absolute Gasteiger partial charge is 0.212 e. The summed E-state index contributed by atoms with van der Waals surface area (Å²) in [7, 11) is 0. The fourth-order valence-electron chi connectivity index (χ4n) is 1.56. The Morgan fingerprint density at radius 2 is 1.95 bits per heavy atom. The largest absolute Gasteiger partial charge is 0.231 e. The van der Waals surface area contributed by atoms with Crippen LogP contribution in [0.25, 0.3) is 17.2 Å². The number of tetrazole rings is 1. The zero-order valence-corrected chi connectivity index (χ0v) is 10.3. The molecule has 2 heterocycles. The number of aromatic nitrogens is 5. The fourth-order valence-corrected chi connectivity index (χ4v) is 1.71. The zero-order valence-electron chi connectivity index (χ0n) is 9.53. The van der Waals surface area contributed by atoms with E-state index in [0.717, 1.165) is 16.4 Å². The molecule has 94 valence electrons. The minimum atomic E-state index is -0.607. The maximum atomic E-state index is 13.7. The van der Waals surface area contributed by atoms with Crippen LogP contribution >= 0.6 is 11.6 Å². The molecule has 19 heavy (non-hydrogen) atoms. The molecule has 0 unspecified atom stereocenters. The Hall–Kier alpha value is -2.34. The molecule has 0 radical (unpaired) electrons. The molecule has 0 saturated heterocycles. The SMILES string of the molecule is Fc1cc(Cl)cnc1-n1nnc(-c2ccccc2)n1. The summed E-state index contributed by atoms with van der Waals surface area (Å²) in [5.74, 6) is -0.250. The van der Waals surface area contributed by atoms with Gasteiger partial charge in [-0.25, -0.2) is 9.37 Å². The average molecular weight is 276 g/mol. The molecule has 3 rings (SSSR count). The van der Waals surface area contributed by atoms with E-state index in [1.807, 2.05) is 30.3 Å². The number of benzene rings is 1. The maximum absolute atomic E-state index is 13.7. The van der Waals surface area contributed by atoms with Crippen LogP contribution in [0.2, 0.25) is 5.02 Å². The monoisotopic (exact) mass is 275 g/mol. The number of hydrogen-bond acceptors (Lipinski definition) is 4. The van der Waals surface area contributed by atoms with Crippen molar-refractivity contribution in [1.82, 2.24) is 25.2 Å². The van der Waals surface area contributed by atoms with E-state index in [2.05, 4.69) is 20.4 Å². The van der Waals surface area contributed by atoms with Crippen molar-refractivity contribution in [1.29, 1.82) is 0 Å². The second-order valence-corrected chi connectivity index (χ2v) is 4.16. The van der Waals surface area contributed by atoms with E-state index < -0.39 is 5.82 Å². The normalized spacial score (nSPS) is 10.6. The van der Waals surface area contributed by atoms with Gasteiger partial charge in [0.25, 0.3) is 0 Å². The Morgan fingerprint density at radius 1 is 1.16 bits per heavy atom. The van der Waals surface area contributed by atoms with Crippen molar-refractivity contribution >= 4 is 11.6 Å². The summed E-state index contributed by atoms with van der Waals surface area (Å²) < 4.78 is 13.7. The van der Waals surface area contributed by atoms with Crippen molar-refractivity contribution in [2.24, 2.45) is 0 Å². The van der Waals surface area contributed by atoms with E-state index in [4.69, 9.17) is 11.6 Å². The first-order valence-corrected chi connectivity index (χ1v) is 5.79. The Balaban J connectivity index is 2.02. The summed E-state index contributed by atoms with van der Waals surface area (Å²) in [5.41, 5.74) is 0.795. The summed E-state index contributed by atoms with van der Waals surface area (Å²) in [6, 6.07) is 10.4. The molecule has 0 aliphatic rings. The van der Waals surface area contributed by atoms with E-state index in [0.29, 0.717) is 5.82 Å². The van der Waals surface area contributed by atoms with Gasteiger partial charge in [-0.3, -0.25) is 0 Å². The van der Waals surface area contributed by atoms with Crippen molar-refractivity contribution in [3.05, 3.63) is 53.4 Å². The first kappa shape index (κ1) is 11.7. The lowest BCUT2D eigenvalue weighted by Crippen LogP contribution is -2.04. The van der Waals surface area contributed by atoms with Crippen molar-refractivity contribution in [3.8, 4) is 17.2 Å². The highest BCUT2D eigenvalue weighted by molar-refractivity contribution is 6.30. The highest BCUT2D eigenvalue weighted by Gasteiger charge is 2.12. The lowest BCUT2D eigenvalue weighted by atomic mass is 10.2. The van der Waals surface area contributed by atoms with Gasteiger partial charge in [0.15, 0.2) is 5.82 Å². The molecule has 0 spiro atoms. The third-order valence-corrected chi connectivity index (χ3v) is 2.63. The van der Waals surface area contributed by atoms with Crippen LogP contribution in [0.1, 0.15) is 0 Å². The van der Waals surface area contributed by atoms with E-state index in [9.17, 15) is 4.39 Å². The van der Waals surface area contributed by atoms with Crippen LogP contribution in [0.4, 0.5) is 4.39 Å². The summed E-state index contributed by atoms with van der Waals surface area (Å²) >= 11 is 5.64. The van der Waals surface area contributed by atoms with Crippen LogP contribution in [0.15, 0.2) is 42.6 Å². The molecular formula is C12H7ClFN5. The van der Waals surface area contributed by atoms with Gasteiger partial charge >= 0.3 is 0 Å². The molecule has 0 N–H and O–H groups in total. The van der Waals surface area contributed by atoms with Crippen LogP contribution in [-0.2, 0) is 0 Å². The number of pyridine rings is 1. The fraction of sp³-hybridized carbons (Fsp3) is 0. The third kappa shape index (κ3) is 2.30. The third-order valence-electron chi connectivity index (χ3n) is 2.42. The summed E-state index contributed by atoms with van der Waals surface area (Å²) in [6.07, 6.45) is 1.32. The van der Waals surface area contributed by atoms with Gasteiger partial charge in [0, 0.05) is 11.8 Å². The van der Waals surface area contributed by atoms with E-state index in [1.54, 1.807) is 0 Å². The standard InChI is InChI=1S/C12H7ClFN5/c13-9-6-10(14)12(15-7-9)19-17-11(16-18-19)8-4-2-1-3-5-8/h1-7H. The van der Waals surface area contributed by atoms with Gasteiger partial charge in [-0.05, 0) is 11.3 Å². The summed E-state index contributed by atoms with van der Waals surface area (Å²) in [4.78, 5) is 4.88. The van der Waals surface area contributed by atoms with Crippen LogP contribution in [0.3, 0.4) is 0 Å². The van der Waals surface area contributed by atoms with Crippen LogP contribution in [-0.4, -0.2) is 25.2 Å². The molecule has 0 atom stereocenters. The predicted molar refractivity (Wildman–Crippen MR) is 67.4 cm³/mol. The molecule has 3 aromatic rings. The van der Waals surface area contributed by atoms with Crippen LogP contribution in [0.5, 0.6) is 0 Å². The molecule has 0 saturated carbocycles. The van der Waals surface area contributed by atoms with Gasteiger partial charge in [0.2, 0.25) is 11.6 Å². The van der Waals surface area contributed by atoms with Gasteiger partial charge in [0.1, 0.15) is 0 Å². The second kappa shape index (κ2) is 4.74. The maximum Gasteiger partial charge on any atom is 0.212 e. The van der Waals surface area contributed by atoms with Crippen molar-refractivity contribution in [2.45, 2.75) is 0 Å². The number of halogens is 2. The van der Waals surface area contributed by atoms with Crippen LogP contribution < -0.4 is 0 Å². The highest BCUT2D eigenvalue weighted by atomic mass is 35.5. The molecule has 1 aromatic carbocycles. The van der Waals surface area contributed by atoms with Gasteiger partial charge in [-0.15, -0.1) is 15.0 Å². The molecule has 7 heteroatoms. The lowest BCUT2D eigenvalue weighted by Gasteiger charge is -1.99. The number of rotatable bonds is 2. The first-order chi connectivity index (χ1) is 9.24. The Labute approximate surface area is 112 Å². The molecule has 0 bridgehead atoms. The second-order valence-electron chi connectivity index (χ2n) is 3.73. The van der Waals surface area contributed by atoms with E-state index in [1.165, 1.54) is 6.20 Å². The zero-order chi connectivity index (χ0) is 13.2. The number of nitrogens with zero attached hydrogens (tertiary/aromatic N) is 5. The molecule has 0 aliphatic carbocycles. The van der Waals surface area contributed by atoms with Gasteiger partial charge < -0.3 is 0 Å². The highest BCUT2D eigenvalue weighted by Crippen LogP contribution is 2.16. The Kier molecular flexibility index (Phi) is 2.92.